The molecular weight excluding hydrogens is 463 g/mol. The quantitative estimate of drug-likeness (QED) is 0.326. The van der Waals surface area contributed by atoms with E-state index in [1.807, 2.05) is 6.92 Å². The van der Waals surface area contributed by atoms with E-state index >= 15 is 0 Å². The van der Waals surface area contributed by atoms with Gasteiger partial charge in [-0.15, -0.1) is 0 Å². The lowest BCUT2D eigenvalue weighted by Crippen LogP contribution is -2.22. The van der Waals surface area contributed by atoms with Crippen LogP contribution in [0.25, 0.3) is 11.1 Å². The van der Waals surface area contributed by atoms with E-state index in [-0.39, 0.29) is 12.1 Å². The molecule has 10 heteroatoms. The minimum Gasteiger partial charge on any atom is -0.429 e. The molecule has 0 saturated carbocycles. The molecular formula is C23H15F9O. The predicted molar refractivity (Wildman–Crippen MR) is 102 cm³/mol. The standard InChI is InChI=1S/C23H15F9O/c1-2-3-12-4-6-14(7-5-12)23(31,32)33-15-10-16(24)20(17(25)11-15)13-8-18(26)21(19(27)9-13)22(28,29)30/h4-11H,2-3H2,1H3. The number of rotatable bonds is 6. The summed E-state index contributed by atoms with van der Waals surface area (Å²) >= 11 is 0. The van der Waals surface area contributed by atoms with Gasteiger partial charge in [0.25, 0.3) is 0 Å². The Balaban J connectivity index is 1.93. The van der Waals surface area contributed by atoms with Crippen LogP contribution < -0.4 is 4.74 Å². The highest BCUT2D eigenvalue weighted by atomic mass is 19.4. The Labute approximate surface area is 182 Å². The Morgan fingerprint density at radius 2 is 1.24 bits per heavy atom. The molecule has 0 aliphatic rings. The summed E-state index contributed by atoms with van der Waals surface area (Å²) in [7, 11) is 0. The Hall–Kier alpha value is -3.17. The van der Waals surface area contributed by atoms with E-state index in [4.69, 9.17) is 0 Å². The summed E-state index contributed by atoms with van der Waals surface area (Å²) in [4.78, 5) is 0. The molecule has 3 rings (SSSR count). The summed E-state index contributed by atoms with van der Waals surface area (Å²) in [6, 6.07) is 5.97. The highest BCUT2D eigenvalue weighted by Crippen LogP contribution is 2.39. The molecule has 3 aromatic carbocycles. The third-order valence-electron chi connectivity index (χ3n) is 4.70. The predicted octanol–water partition coefficient (Wildman–Crippen LogP) is 8.01. The molecule has 0 saturated heterocycles. The van der Waals surface area contributed by atoms with Gasteiger partial charge in [0.15, 0.2) is 0 Å². The Kier molecular flexibility index (Phi) is 6.67. The summed E-state index contributed by atoms with van der Waals surface area (Å²) < 4.78 is 128. The molecule has 0 spiro atoms. The molecule has 0 amide bonds. The zero-order chi connectivity index (χ0) is 24.6. The van der Waals surface area contributed by atoms with Crippen molar-refractivity contribution in [3.63, 3.8) is 0 Å². The summed E-state index contributed by atoms with van der Waals surface area (Å²) in [6.45, 7) is 1.91. The minimum atomic E-state index is -5.37. The van der Waals surface area contributed by atoms with Gasteiger partial charge < -0.3 is 4.74 Å². The van der Waals surface area contributed by atoms with Gasteiger partial charge in [-0.1, -0.05) is 25.5 Å². The third-order valence-corrected chi connectivity index (χ3v) is 4.70. The molecule has 1 nitrogen and oxygen atoms in total. The number of alkyl halides is 5. The van der Waals surface area contributed by atoms with Gasteiger partial charge in [0.05, 0.1) is 11.1 Å². The molecule has 0 unspecified atom stereocenters. The van der Waals surface area contributed by atoms with Crippen molar-refractivity contribution in [2.45, 2.75) is 32.1 Å². The van der Waals surface area contributed by atoms with Crippen molar-refractivity contribution in [2.24, 2.45) is 0 Å². The van der Waals surface area contributed by atoms with Crippen LogP contribution in [-0.2, 0) is 18.7 Å². The number of hydrogen-bond donors (Lipinski definition) is 0. The summed E-state index contributed by atoms with van der Waals surface area (Å²) in [6.07, 6.45) is -7.89. The van der Waals surface area contributed by atoms with E-state index in [1.165, 1.54) is 12.1 Å². The topological polar surface area (TPSA) is 9.23 Å². The van der Waals surface area contributed by atoms with Crippen molar-refractivity contribution >= 4 is 0 Å². The van der Waals surface area contributed by atoms with Crippen LogP contribution in [0.5, 0.6) is 5.75 Å². The lowest BCUT2D eigenvalue weighted by molar-refractivity contribution is -0.185. The maximum Gasteiger partial charge on any atom is 0.426 e. The van der Waals surface area contributed by atoms with Crippen LogP contribution in [0.15, 0.2) is 48.5 Å². The minimum absolute atomic E-state index is 0.0976. The fourth-order valence-electron chi connectivity index (χ4n) is 3.23. The van der Waals surface area contributed by atoms with Gasteiger partial charge in [-0.25, -0.2) is 17.6 Å². The van der Waals surface area contributed by atoms with Crippen LogP contribution in [0.4, 0.5) is 39.5 Å². The van der Waals surface area contributed by atoms with Crippen molar-refractivity contribution in [1.29, 1.82) is 0 Å². The first-order valence-electron chi connectivity index (χ1n) is 9.55. The molecule has 0 aliphatic carbocycles. The van der Waals surface area contributed by atoms with E-state index in [2.05, 4.69) is 4.74 Å². The van der Waals surface area contributed by atoms with Gasteiger partial charge in [0.1, 0.15) is 34.6 Å². The molecule has 33 heavy (non-hydrogen) atoms. The van der Waals surface area contributed by atoms with Crippen LogP contribution in [0.1, 0.15) is 30.0 Å². The molecule has 0 radical (unpaired) electrons. The average molecular weight is 478 g/mol. The first kappa shape index (κ1) is 24.5. The SMILES string of the molecule is CCCc1ccc(C(F)(F)Oc2cc(F)c(-c3cc(F)c(C(F)(F)F)c(F)c3)c(F)c2)cc1. The molecule has 0 N–H and O–H groups in total. The van der Waals surface area contributed by atoms with Gasteiger partial charge >= 0.3 is 12.3 Å². The molecule has 0 aromatic heterocycles. The number of aryl methyl sites for hydroxylation is 1. The van der Waals surface area contributed by atoms with Crippen molar-refractivity contribution in [3.05, 3.63) is 88.5 Å². The van der Waals surface area contributed by atoms with Crippen LogP contribution in [0.2, 0.25) is 0 Å². The molecule has 0 fully saturated rings. The first-order valence-corrected chi connectivity index (χ1v) is 9.55. The second kappa shape index (κ2) is 8.99. The second-order valence-corrected chi connectivity index (χ2v) is 7.14. The lowest BCUT2D eigenvalue weighted by Gasteiger charge is -2.19. The number of ether oxygens (including phenoxy) is 1. The number of benzene rings is 3. The zero-order valence-electron chi connectivity index (χ0n) is 16.8. The number of hydrogen-bond acceptors (Lipinski definition) is 1. The molecule has 176 valence electrons. The van der Waals surface area contributed by atoms with Gasteiger partial charge in [0.2, 0.25) is 0 Å². The van der Waals surface area contributed by atoms with E-state index in [0.717, 1.165) is 24.1 Å². The summed E-state index contributed by atoms with van der Waals surface area (Å²) in [5.41, 5.74) is -4.01. The summed E-state index contributed by atoms with van der Waals surface area (Å²) in [5.74, 6) is -8.26. The van der Waals surface area contributed by atoms with E-state index in [1.54, 1.807) is 0 Å². The van der Waals surface area contributed by atoms with Crippen LogP contribution >= 0.6 is 0 Å². The Morgan fingerprint density at radius 1 is 0.727 bits per heavy atom. The maximum atomic E-state index is 14.5. The van der Waals surface area contributed by atoms with Gasteiger partial charge in [-0.05, 0) is 41.8 Å². The largest absolute Gasteiger partial charge is 0.429 e. The van der Waals surface area contributed by atoms with Crippen molar-refractivity contribution in [3.8, 4) is 16.9 Å². The van der Waals surface area contributed by atoms with Crippen molar-refractivity contribution in [1.82, 2.24) is 0 Å². The van der Waals surface area contributed by atoms with Gasteiger partial charge in [-0.2, -0.15) is 22.0 Å². The maximum absolute atomic E-state index is 14.5. The Morgan fingerprint density at radius 3 is 1.70 bits per heavy atom. The van der Waals surface area contributed by atoms with Gasteiger partial charge in [0, 0.05) is 12.1 Å². The third kappa shape index (κ3) is 5.26. The monoisotopic (exact) mass is 478 g/mol. The normalized spacial score (nSPS) is 12.2. The van der Waals surface area contributed by atoms with E-state index in [9.17, 15) is 39.5 Å². The molecule has 0 heterocycles. The van der Waals surface area contributed by atoms with Gasteiger partial charge in [-0.3, -0.25) is 0 Å². The Bertz CT molecular complexity index is 1110. The lowest BCUT2D eigenvalue weighted by atomic mass is 10.0. The smallest absolute Gasteiger partial charge is 0.426 e. The number of halogens is 9. The fourth-order valence-corrected chi connectivity index (χ4v) is 3.23. The van der Waals surface area contributed by atoms with Crippen LogP contribution in [0.3, 0.4) is 0 Å². The zero-order valence-corrected chi connectivity index (χ0v) is 16.8. The van der Waals surface area contributed by atoms with E-state index in [0.29, 0.717) is 18.6 Å². The molecule has 0 atom stereocenters. The highest BCUT2D eigenvalue weighted by Gasteiger charge is 2.38. The molecule has 3 aromatic rings. The first-order chi connectivity index (χ1) is 15.3. The van der Waals surface area contributed by atoms with Crippen molar-refractivity contribution < 1.29 is 44.3 Å². The van der Waals surface area contributed by atoms with Crippen LogP contribution in [0, 0.1) is 23.3 Å². The fraction of sp³-hybridized carbons (Fsp3) is 0.217. The molecule has 0 aliphatic heterocycles. The second-order valence-electron chi connectivity index (χ2n) is 7.14. The van der Waals surface area contributed by atoms with Crippen molar-refractivity contribution in [2.75, 3.05) is 0 Å². The van der Waals surface area contributed by atoms with E-state index < -0.39 is 63.6 Å². The highest BCUT2D eigenvalue weighted by molar-refractivity contribution is 5.66. The summed E-state index contributed by atoms with van der Waals surface area (Å²) in [5, 5.41) is 0. The average Bonchev–Trinajstić information content (AvgIpc) is 2.66. The molecule has 0 bridgehead atoms. The van der Waals surface area contributed by atoms with Crippen LogP contribution in [-0.4, -0.2) is 0 Å².